The smallest absolute Gasteiger partial charge is 0.169 e. The van der Waals surface area contributed by atoms with E-state index in [-0.39, 0.29) is 6.61 Å². The lowest BCUT2D eigenvalue weighted by Crippen LogP contribution is -2.58. The maximum atomic E-state index is 9.95. The molecule has 0 spiro atoms. The molecule has 114 valence electrons. The summed E-state index contributed by atoms with van der Waals surface area (Å²) in [5, 5.41) is 32.3. The highest BCUT2D eigenvalue weighted by atomic mass is 16.7. The third-order valence-corrected chi connectivity index (χ3v) is 3.29. The molecule has 5 atom stereocenters. The van der Waals surface area contributed by atoms with Crippen LogP contribution in [0.5, 0.6) is 0 Å². The number of rotatable bonds is 5. The second kappa shape index (κ2) is 7.37. The molecule has 0 bridgehead atoms. The van der Waals surface area contributed by atoms with Crippen molar-refractivity contribution in [3.63, 3.8) is 0 Å². The van der Waals surface area contributed by atoms with Gasteiger partial charge in [-0.25, -0.2) is 0 Å². The number of aliphatic hydroxyl groups is 3. The average Bonchev–Trinajstić information content (AvgIpc) is 2.52. The van der Waals surface area contributed by atoms with E-state index in [2.05, 4.69) is 10.0 Å². The van der Waals surface area contributed by atoms with Crippen molar-refractivity contribution < 1.29 is 24.8 Å². The molecule has 1 aliphatic heterocycles. The van der Waals surface area contributed by atoms with E-state index in [1.165, 1.54) is 0 Å². The fourth-order valence-electron chi connectivity index (χ4n) is 2.14. The Bertz CT molecular complexity index is 494. The van der Waals surface area contributed by atoms with E-state index in [0.717, 1.165) is 5.56 Å². The molecular weight excluding hydrogens is 278 g/mol. The second-order valence-electron chi connectivity index (χ2n) is 4.70. The van der Waals surface area contributed by atoms with Crippen LogP contribution >= 0.6 is 0 Å². The summed E-state index contributed by atoms with van der Waals surface area (Å²) in [5.74, 6) is 0. The van der Waals surface area contributed by atoms with Gasteiger partial charge in [-0.1, -0.05) is 35.4 Å². The van der Waals surface area contributed by atoms with Gasteiger partial charge in [0.1, 0.15) is 18.2 Å². The molecule has 0 saturated carbocycles. The largest absolute Gasteiger partial charge is 0.394 e. The van der Waals surface area contributed by atoms with Crippen LogP contribution in [0.2, 0.25) is 0 Å². The van der Waals surface area contributed by atoms with E-state index < -0.39 is 37.3 Å². The average molecular weight is 295 g/mol. The van der Waals surface area contributed by atoms with Crippen molar-refractivity contribution in [2.75, 3.05) is 6.61 Å². The van der Waals surface area contributed by atoms with Gasteiger partial charge in [0, 0.05) is 4.91 Å². The Morgan fingerprint density at radius 3 is 2.57 bits per heavy atom. The van der Waals surface area contributed by atoms with Gasteiger partial charge in [0.2, 0.25) is 0 Å². The number of hydrogen-bond acceptors (Lipinski definition) is 6. The second-order valence-corrected chi connectivity index (χ2v) is 4.70. The molecule has 2 rings (SSSR count). The van der Waals surface area contributed by atoms with E-state index in [0.29, 0.717) is 0 Å². The number of azide groups is 1. The van der Waals surface area contributed by atoms with Crippen LogP contribution in [0.3, 0.4) is 0 Å². The van der Waals surface area contributed by atoms with Crippen LogP contribution < -0.4 is 0 Å². The fourth-order valence-corrected chi connectivity index (χ4v) is 2.14. The Morgan fingerprint density at radius 1 is 1.24 bits per heavy atom. The van der Waals surface area contributed by atoms with Crippen LogP contribution in [0.1, 0.15) is 5.56 Å². The van der Waals surface area contributed by atoms with Gasteiger partial charge in [-0.05, 0) is 11.1 Å². The van der Waals surface area contributed by atoms with Gasteiger partial charge in [-0.2, -0.15) is 0 Å². The highest BCUT2D eigenvalue weighted by molar-refractivity contribution is 5.13. The molecule has 0 aliphatic carbocycles. The lowest BCUT2D eigenvalue weighted by Gasteiger charge is -2.40. The summed E-state index contributed by atoms with van der Waals surface area (Å²) >= 11 is 0. The number of hydrogen-bond donors (Lipinski definition) is 3. The molecular formula is C13H17N3O5. The molecule has 3 N–H and O–H groups in total. The molecule has 1 saturated heterocycles. The summed E-state index contributed by atoms with van der Waals surface area (Å²) in [4.78, 5) is 2.63. The monoisotopic (exact) mass is 295 g/mol. The number of benzene rings is 1. The maximum Gasteiger partial charge on any atom is 0.169 e. The summed E-state index contributed by atoms with van der Waals surface area (Å²) in [6.45, 7) is -0.295. The Labute approximate surface area is 121 Å². The lowest BCUT2D eigenvalue weighted by atomic mass is 9.98. The standard InChI is InChI=1S/C13H17N3O5/c14-16-15-10-12(19)11(18)9(6-17)21-13(10)20-7-8-4-2-1-3-5-8/h1-5,9-13,17-19H,6-7H2/t9-,10-,11+,12-,13+/m1/s1. The molecule has 8 nitrogen and oxygen atoms in total. The van der Waals surface area contributed by atoms with Crippen LogP contribution in [0.4, 0.5) is 0 Å². The van der Waals surface area contributed by atoms with Crippen molar-refractivity contribution in [2.45, 2.75) is 37.3 Å². The highest BCUT2D eigenvalue weighted by Crippen LogP contribution is 2.25. The zero-order valence-corrected chi connectivity index (χ0v) is 11.2. The molecule has 21 heavy (non-hydrogen) atoms. The molecule has 0 radical (unpaired) electrons. The normalized spacial score (nSPS) is 32.4. The Hall–Kier alpha value is -1.67. The SMILES string of the molecule is [N-]=[N+]=N[C@H]1[C@@H](OCc2ccccc2)O[C@H](CO)[C@H](O)[C@@H]1O. The minimum absolute atomic E-state index is 0.184. The van der Waals surface area contributed by atoms with E-state index in [4.69, 9.17) is 20.1 Å². The first-order valence-electron chi connectivity index (χ1n) is 6.49. The van der Waals surface area contributed by atoms with Crippen molar-refractivity contribution in [1.29, 1.82) is 0 Å². The summed E-state index contributed by atoms with van der Waals surface area (Å²) in [5.41, 5.74) is 9.43. The first kappa shape index (κ1) is 15.7. The minimum Gasteiger partial charge on any atom is -0.394 e. The number of nitrogens with zero attached hydrogens (tertiary/aromatic N) is 3. The first-order chi connectivity index (χ1) is 10.2. The van der Waals surface area contributed by atoms with Crippen LogP contribution in [-0.2, 0) is 16.1 Å². The van der Waals surface area contributed by atoms with Crippen LogP contribution in [0.25, 0.3) is 10.4 Å². The maximum absolute atomic E-state index is 9.95. The van der Waals surface area contributed by atoms with Crippen molar-refractivity contribution in [2.24, 2.45) is 5.11 Å². The predicted molar refractivity (Wildman–Crippen MR) is 71.9 cm³/mol. The van der Waals surface area contributed by atoms with Crippen LogP contribution in [-0.4, -0.2) is 52.6 Å². The van der Waals surface area contributed by atoms with Gasteiger partial charge < -0.3 is 24.8 Å². The van der Waals surface area contributed by atoms with Crippen LogP contribution in [0.15, 0.2) is 35.4 Å². The van der Waals surface area contributed by atoms with Crippen molar-refractivity contribution in [3.05, 3.63) is 46.3 Å². The van der Waals surface area contributed by atoms with Crippen LogP contribution in [0, 0.1) is 0 Å². The first-order valence-corrected chi connectivity index (χ1v) is 6.49. The van der Waals surface area contributed by atoms with Gasteiger partial charge in [0.05, 0.1) is 19.3 Å². The summed E-state index contributed by atoms with van der Waals surface area (Å²) < 4.78 is 10.9. The van der Waals surface area contributed by atoms with Gasteiger partial charge in [-0.3, -0.25) is 0 Å². The minimum atomic E-state index is -1.37. The van der Waals surface area contributed by atoms with Crippen molar-refractivity contribution in [3.8, 4) is 0 Å². The molecule has 1 heterocycles. The fraction of sp³-hybridized carbons (Fsp3) is 0.538. The van der Waals surface area contributed by atoms with Gasteiger partial charge in [0.25, 0.3) is 0 Å². The zero-order chi connectivity index (χ0) is 15.2. The molecule has 0 unspecified atom stereocenters. The molecule has 1 fully saturated rings. The molecule has 1 aromatic carbocycles. The topological polar surface area (TPSA) is 128 Å². The van der Waals surface area contributed by atoms with Gasteiger partial charge >= 0.3 is 0 Å². The van der Waals surface area contributed by atoms with E-state index in [1.807, 2.05) is 30.3 Å². The van der Waals surface area contributed by atoms with E-state index in [1.54, 1.807) is 0 Å². The Kier molecular flexibility index (Phi) is 5.51. The van der Waals surface area contributed by atoms with E-state index >= 15 is 0 Å². The zero-order valence-electron chi connectivity index (χ0n) is 11.2. The van der Waals surface area contributed by atoms with Crippen molar-refractivity contribution >= 4 is 0 Å². The predicted octanol–water partition coefficient (Wildman–Crippen LogP) is 0.321. The lowest BCUT2D eigenvalue weighted by molar-refractivity contribution is -0.268. The summed E-state index contributed by atoms with van der Waals surface area (Å²) in [7, 11) is 0. The Morgan fingerprint density at radius 2 is 1.95 bits per heavy atom. The summed E-state index contributed by atoms with van der Waals surface area (Å²) in [6, 6.07) is 8.17. The van der Waals surface area contributed by atoms with E-state index in [9.17, 15) is 10.2 Å². The number of aliphatic hydroxyl groups excluding tert-OH is 3. The molecule has 8 heteroatoms. The Balaban J connectivity index is 2.08. The molecule has 0 aromatic heterocycles. The summed E-state index contributed by atoms with van der Waals surface area (Å²) in [6.07, 6.45) is -4.75. The quantitative estimate of drug-likeness (QED) is 0.409. The van der Waals surface area contributed by atoms with Crippen molar-refractivity contribution in [1.82, 2.24) is 0 Å². The molecule has 0 amide bonds. The third kappa shape index (κ3) is 3.70. The highest BCUT2D eigenvalue weighted by Gasteiger charge is 2.44. The molecule has 1 aliphatic rings. The third-order valence-electron chi connectivity index (χ3n) is 3.29. The molecule has 1 aromatic rings. The van der Waals surface area contributed by atoms with Gasteiger partial charge in [-0.15, -0.1) is 0 Å². The number of ether oxygens (including phenoxy) is 2. The van der Waals surface area contributed by atoms with Gasteiger partial charge in [0.15, 0.2) is 6.29 Å².